The van der Waals surface area contributed by atoms with Crippen LogP contribution in [0.3, 0.4) is 0 Å². The highest BCUT2D eigenvalue weighted by Crippen LogP contribution is 2.31. The van der Waals surface area contributed by atoms with Gasteiger partial charge in [0, 0.05) is 17.1 Å². The van der Waals surface area contributed by atoms with E-state index in [0.29, 0.717) is 16.6 Å². The molecule has 0 aliphatic carbocycles. The highest BCUT2D eigenvalue weighted by Gasteiger charge is 2.26. The lowest BCUT2D eigenvalue weighted by Gasteiger charge is -1.95. The summed E-state index contributed by atoms with van der Waals surface area (Å²) >= 11 is 0. The quantitative estimate of drug-likeness (QED) is 0.613. The molecule has 1 heterocycles. The normalized spacial score (nSPS) is 10.6. The first-order valence-electron chi connectivity index (χ1n) is 4.28. The number of hydrogen-bond acceptors (Lipinski definition) is 5. The summed E-state index contributed by atoms with van der Waals surface area (Å²) in [5.74, 6) is 0. The maximum absolute atomic E-state index is 10.7. The average Bonchev–Trinajstić information content (AvgIpc) is 2.58. The number of nitrogens with zero attached hydrogens (tertiary/aromatic N) is 3. The van der Waals surface area contributed by atoms with Crippen molar-refractivity contribution in [2.24, 2.45) is 0 Å². The fraction of sp³-hybridized carbons (Fsp3) is 0.125. The van der Waals surface area contributed by atoms with Crippen LogP contribution in [0.5, 0.6) is 0 Å². The highest BCUT2D eigenvalue weighted by molar-refractivity contribution is 5.87. The zero-order chi connectivity index (χ0) is 11.9. The van der Waals surface area contributed by atoms with Gasteiger partial charge in [0.1, 0.15) is 0 Å². The van der Waals surface area contributed by atoms with Gasteiger partial charge < -0.3 is 0 Å². The van der Waals surface area contributed by atoms with E-state index in [1.54, 1.807) is 6.92 Å². The molecule has 1 N–H and O–H groups in total. The molecule has 1 aromatic heterocycles. The molecule has 8 heteroatoms. The van der Waals surface area contributed by atoms with Crippen molar-refractivity contribution in [3.05, 3.63) is 38.1 Å². The summed E-state index contributed by atoms with van der Waals surface area (Å²) in [6, 6.07) is 2.25. The number of aromatic amines is 1. The van der Waals surface area contributed by atoms with E-state index in [2.05, 4.69) is 10.2 Å². The third-order valence-corrected chi connectivity index (χ3v) is 2.23. The van der Waals surface area contributed by atoms with Gasteiger partial charge in [0.05, 0.1) is 21.4 Å². The van der Waals surface area contributed by atoms with E-state index < -0.39 is 21.2 Å². The smallest absolute Gasteiger partial charge is 0.282 e. The molecule has 2 rings (SSSR count). The van der Waals surface area contributed by atoms with Crippen molar-refractivity contribution in [3.8, 4) is 0 Å². The predicted molar refractivity (Wildman–Crippen MR) is 54.1 cm³/mol. The van der Waals surface area contributed by atoms with Crippen LogP contribution < -0.4 is 0 Å². The Kier molecular flexibility index (Phi) is 2.04. The Morgan fingerprint density at radius 2 is 1.75 bits per heavy atom. The molecule has 0 spiro atoms. The molecule has 0 atom stereocenters. The Morgan fingerprint density at radius 3 is 2.31 bits per heavy atom. The minimum Gasteiger partial charge on any atom is -0.282 e. The summed E-state index contributed by atoms with van der Waals surface area (Å²) in [4.78, 5) is 19.7. The van der Waals surface area contributed by atoms with E-state index in [0.717, 1.165) is 12.1 Å². The molecule has 16 heavy (non-hydrogen) atoms. The van der Waals surface area contributed by atoms with Crippen LogP contribution in [0.15, 0.2) is 12.1 Å². The molecule has 0 amide bonds. The zero-order valence-corrected chi connectivity index (χ0v) is 8.13. The minimum absolute atomic E-state index is 0.342. The van der Waals surface area contributed by atoms with Gasteiger partial charge in [-0.05, 0) is 6.92 Å². The summed E-state index contributed by atoms with van der Waals surface area (Å²) in [6.45, 7) is 1.69. The van der Waals surface area contributed by atoms with Crippen molar-refractivity contribution in [1.29, 1.82) is 0 Å². The van der Waals surface area contributed by atoms with Crippen molar-refractivity contribution in [2.75, 3.05) is 0 Å². The van der Waals surface area contributed by atoms with Gasteiger partial charge in [-0.15, -0.1) is 0 Å². The summed E-state index contributed by atoms with van der Waals surface area (Å²) in [5.41, 5.74) is -0.103. The van der Waals surface area contributed by atoms with Crippen LogP contribution in [0, 0.1) is 27.2 Å². The molecule has 0 saturated heterocycles. The topological polar surface area (TPSA) is 115 Å². The average molecular weight is 222 g/mol. The molecule has 0 aliphatic rings. The number of benzene rings is 1. The van der Waals surface area contributed by atoms with Crippen LogP contribution in [-0.4, -0.2) is 20.0 Å². The van der Waals surface area contributed by atoms with Gasteiger partial charge in [0.15, 0.2) is 0 Å². The van der Waals surface area contributed by atoms with E-state index in [-0.39, 0.29) is 0 Å². The second kappa shape index (κ2) is 3.26. The van der Waals surface area contributed by atoms with Gasteiger partial charge in [-0.1, -0.05) is 0 Å². The largest absolute Gasteiger partial charge is 0.348 e. The maximum atomic E-state index is 10.7. The van der Waals surface area contributed by atoms with Crippen molar-refractivity contribution in [1.82, 2.24) is 10.2 Å². The fourth-order valence-corrected chi connectivity index (χ4v) is 1.46. The summed E-state index contributed by atoms with van der Waals surface area (Å²) < 4.78 is 0. The minimum atomic E-state index is -0.790. The molecule has 0 radical (unpaired) electrons. The van der Waals surface area contributed by atoms with Gasteiger partial charge in [-0.25, -0.2) is 0 Å². The third-order valence-electron chi connectivity index (χ3n) is 2.23. The predicted octanol–water partition coefficient (Wildman–Crippen LogP) is 1.69. The number of nitrogens with one attached hydrogen (secondary N) is 1. The zero-order valence-electron chi connectivity index (χ0n) is 8.13. The Morgan fingerprint density at radius 1 is 1.19 bits per heavy atom. The van der Waals surface area contributed by atoms with Crippen LogP contribution in [0.25, 0.3) is 10.9 Å². The number of H-pyrrole nitrogens is 1. The van der Waals surface area contributed by atoms with Crippen molar-refractivity contribution in [3.63, 3.8) is 0 Å². The van der Waals surface area contributed by atoms with Crippen LogP contribution in [0.2, 0.25) is 0 Å². The lowest BCUT2D eigenvalue weighted by Crippen LogP contribution is -1.96. The Labute approximate surface area is 88.2 Å². The molecule has 82 valence electrons. The Hall–Kier alpha value is -2.51. The second-order valence-electron chi connectivity index (χ2n) is 3.22. The maximum Gasteiger partial charge on any atom is 0.348 e. The SMILES string of the molecule is Cc1[nH]nc2cc([N+](=O)[O-])c([N+](=O)[O-])cc12. The van der Waals surface area contributed by atoms with Crippen LogP contribution in [-0.2, 0) is 0 Å². The standard InChI is InChI=1S/C8H6N4O4/c1-4-5-2-7(11(13)14)8(12(15)16)3-6(5)10-9-4/h2-3H,1H3,(H,9,10). The van der Waals surface area contributed by atoms with Gasteiger partial charge in [0.25, 0.3) is 0 Å². The molecular weight excluding hydrogens is 216 g/mol. The van der Waals surface area contributed by atoms with Gasteiger partial charge >= 0.3 is 11.4 Å². The monoisotopic (exact) mass is 222 g/mol. The van der Waals surface area contributed by atoms with E-state index >= 15 is 0 Å². The number of nitro benzene ring substituents is 2. The number of nitro groups is 2. The molecule has 0 fully saturated rings. The number of aromatic nitrogens is 2. The fourth-order valence-electron chi connectivity index (χ4n) is 1.46. The molecule has 8 nitrogen and oxygen atoms in total. The van der Waals surface area contributed by atoms with Gasteiger partial charge in [-0.3, -0.25) is 25.3 Å². The summed E-state index contributed by atoms with van der Waals surface area (Å²) in [6.07, 6.45) is 0. The van der Waals surface area contributed by atoms with Crippen LogP contribution in [0.4, 0.5) is 11.4 Å². The molecule has 0 aliphatic heterocycles. The Bertz CT molecular complexity index is 603. The first kappa shape index (κ1) is 10.0. The van der Waals surface area contributed by atoms with E-state index in [9.17, 15) is 20.2 Å². The van der Waals surface area contributed by atoms with Crippen molar-refractivity contribution < 1.29 is 9.85 Å². The van der Waals surface area contributed by atoms with E-state index in [1.165, 1.54) is 0 Å². The first-order chi connectivity index (χ1) is 7.50. The van der Waals surface area contributed by atoms with Crippen LogP contribution >= 0.6 is 0 Å². The first-order valence-corrected chi connectivity index (χ1v) is 4.28. The van der Waals surface area contributed by atoms with E-state index in [1.807, 2.05) is 0 Å². The Balaban J connectivity index is 2.83. The van der Waals surface area contributed by atoms with Crippen LogP contribution in [0.1, 0.15) is 5.69 Å². The summed E-state index contributed by atoms with van der Waals surface area (Å²) in [7, 11) is 0. The number of hydrogen-bond donors (Lipinski definition) is 1. The summed E-state index contributed by atoms with van der Waals surface area (Å²) in [5, 5.41) is 28.2. The molecule has 0 saturated carbocycles. The van der Waals surface area contributed by atoms with Gasteiger partial charge in [0.2, 0.25) is 0 Å². The lowest BCUT2D eigenvalue weighted by molar-refractivity contribution is -0.422. The third kappa shape index (κ3) is 1.36. The molecular formula is C8H6N4O4. The second-order valence-corrected chi connectivity index (χ2v) is 3.22. The highest BCUT2D eigenvalue weighted by atomic mass is 16.6. The molecule has 1 aromatic carbocycles. The number of fused-ring (bicyclic) bond motifs is 1. The van der Waals surface area contributed by atoms with Crippen molar-refractivity contribution in [2.45, 2.75) is 6.92 Å². The van der Waals surface area contributed by atoms with E-state index in [4.69, 9.17) is 0 Å². The molecule has 0 unspecified atom stereocenters. The lowest BCUT2D eigenvalue weighted by atomic mass is 10.1. The molecule has 2 aromatic rings. The van der Waals surface area contributed by atoms with Crippen molar-refractivity contribution >= 4 is 22.3 Å². The number of rotatable bonds is 2. The molecule has 0 bridgehead atoms. The number of aryl methyl sites for hydroxylation is 1. The van der Waals surface area contributed by atoms with Gasteiger partial charge in [-0.2, -0.15) is 5.10 Å².